The quantitative estimate of drug-likeness (QED) is 0.396. The number of rotatable bonds is 5. The second kappa shape index (κ2) is 9.62. The molecule has 3 aromatic heterocycles. The third kappa shape index (κ3) is 4.59. The Morgan fingerprint density at radius 2 is 1.79 bits per heavy atom. The average molecular weight is 537 g/mol. The summed E-state index contributed by atoms with van der Waals surface area (Å²) in [6, 6.07) is 8.81. The lowest BCUT2D eigenvalue weighted by Gasteiger charge is -2.37. The van der Waals surface area contributed by atoms with E-state index in [0.717, 1.165) is 5.56 Å². The number of H-pyrrole nitrogens is 1. The summed E-state index contributed by atoms with van der Waals surface area (Å²) in [5.74, 6) is -3.10. The van der Waals surface area contributed by atoms with Crippen LogP contribution in [-0.4, -0.2) is 61.1 Å². The van der Waals surface area contributed by atoms with Crippen molar-refractivity contribution in [1.29, 1.82) is 0 Å². The number of nitrogens with zero attached hydrogens (tertiary/aromatic N) is 5. The average Bonchev–Trinajstić information content (AvgIpc) is 3.28. The van der Waals surface area contributed by atoms with Gasteiger partial charge in [0.1, 0.15) is 11.3 Å². The SMILES string of the molecule is Cc1nccnc1-c1[nH]n2c(=O)cc(-c3ccc(C4CCC(F)(F)CC4)cc3)nc2c1C(=O)N1CC(CF)C1. The number of alkyl halides is 3. The number of carbonyl (C=O) groups is 1. The van der Waals surface area contributed by atoms with Crippen molar-refractivity contribution in [1.82, 2.24) is 29.5 Å². The Morgan fingerprint density at radius 1 is 1.10 bits per heavy atom. The maximum absolute atomic E-state index is 13.6. The number of aromatic nitrogens is 5. The Hall–Kier alpha value is -4.02. The van der Waals surface area contributed by atoms with E-state index in [4.69, 9.17) is 4.98 Å². The molecule has 1 saturated carbocycles. The third-order valence-electron chi connectivity index (χ3n) is 7.81. The molecule has 0 atom stereocenters. The van der Waals surface area contributed by atoms with Gasteiger partial charge in [-0.25, -0.2) is 18.3 Å². The van der Waals surface area contributed by atoms with Gasteiger partial charge in [-0.05, 0) is 31.2 Å². The molecule has 1 N–H and O–H groups in total. The van der Waals surface area contributed by atoms with Gasteiger partial charge < -0.3 is 4.90 Å². The fourth-order valence-corrected chi connectivity index (χ4v) is 5.50. The second-order valence-electron chi connectivity index (χ2n) is 10.5. The molecular formula is C28H27F3N6O2. The number of amides is 1. The van der Waals surface area contributed by atoms with Crippen molar-refractivity contribution in [3.8, 4) is 22.6 Å². The minimum atomic E-state index is -2.59. The van der Waals surface area contributed by atoms with Crippen molar-refractivity contribution in [2.24, 2.45) is 5.92 Å². The van der Waals surface area contributed by atoms with Gasteiger partial charge in [0.15, 0.2) is 5.65 Å². The first kappa shape index (κ1) is 25.3. The number of carbonyl (C=O) groups excluding carboxylic acids is 1. The van der Waals surface area contributed by atoms with Gasteiger partial charge in [-0.1, -0.05) is 24.3 Å². The molecule has 39 heavy (non-hydrogen) atoms. The van der Waals surface area contributed by atoms with Gasteiger partial charge in [-0.3, -0.25) is 29.0 Å². The number of hydrogen-bond acceptors (Lipinski definition) is 5. The lowest BCUT2D eigenvalue weighted by atomic mass is 9.82. The molecule has 2 aliphatic rings. The van der Waals surface area contributed by atoms with Crippen molar-refractivity contribution in [2.45, 2.75) is 44.4 Å². The van der Waals surface area contributed by atoms with Gasteiger partial charge in [-0.15, -0.1) is 0 Å². The largest absolute Gasteiger partial charge is 0.338 e. The van der Waals surface area contributed by atoms with Crippen LogP contribution in [-0.2, 0) is 0 Å². The highest BCUT2D eigenvalue weighted by Gasteiger charge is 2.36. The maximum atomic E-state index is 13.6. The van der Waals surface area contributed by atoms with Gasteiger partial charge in [0, 0.05) is 55.9 Å². The Labute approximate surface area is 221 Å². The summed E-state index contributed by atoms with van der Waals surface area (Å²) in [5.41, 5.74) is 3.22. The molecule has 1 amide bonds. The molecular weight excluding hydrogens is 509 g/mol. The van der Waals surface area contributed by atoms with Crippen LogP contribution in [0.1, 0.15) is 53.2 Å². The van der Waals surface area contributed by atoms with Crippen molar-refractivity contribution >= 4 is 11.6 Å². The second-order valence-corrected chi connectivity index (χ2v) is 10.5. The summed E-state index contributed by atoms with van der Waals surface area (Å²) >= 11 is 0. The number of likely N-dealkylation sites (tertiary alicyclic amines) is 1. The van der Waals surface area contributed by atoms with Gasteiger partial charge in [0.25, 0.3) is 11.5 Å². The number of benzene rings is 1. The van der Waals surface area contributed by atoms with Crippen LogP contribution in [0.3, 0.4) is 0 Å². The molecule has 4 aromatic rings. The van der Waals surface area contributed by atoms with E-state index in [1.54, 1.807) is 6.92 Å². The van der Waals surface area contributed by atoms with Crippen molar-refractivity contribution < 1.29 is 18.0 Å². The lowest BCUT2D eigenvalue weighted by Crippen LogP contribution is -2.50. The molecule has 6 rings (SSSR count). The molecule has 0 radical (unpaired) electrons. The van der Waals surface area contributed by atoms with E-state index in [0.29, 0.717) is 41.2 Å². The van der Waals surface area contributed by atoms with Crippen molar-refractivity contribution in [2.75, 3.05) is 19.8 Å². The smallest absolute Gasteiger partial charge is 0.273 e. The lowest BCUT2D eigenvalue weighted by molar-refractivity contribution is -0.0382. The summed E-state index contributed by atoms with van der Waals surface area (Å²) in [5, 5.41) is 2.99. The first-order valence-electron chi connectivity index (χ1n) is 13.0. The number of aromatic amines is 1. The van der Waals surface area contributed by atoms with Crippen LogP contribution in [0.15, 0.2) is 47.5 Å². The summed E-state index contributed by atoms with van der Waals surface area (Å²) in [7, 11) is 0. The zero-order valence-electron chi connectivity index (χ0n) is 21.3. The van der Waals surface area contributed by atoms with Gasteiger partial charge in [0.2, 0.25) is 5.92 Å². The van der Waals surface area contributed by atoms with Crippen LogP contribution in [0.4, 0.5) is 13.2 Å². The maximum Gasteiger partial charge on any atom is 0.273 e. The molecule has 11 heteroatoms. The molecule has 0 unspecified atom stereocenters. The van der Waals surface area contributed by atoms with Crippen LogP contribution in [0.25, 0.3) is 28.3 Å². The third-order valence-corrected chi connectivity index (χ3v) is 7.81. The predicted molar refractivity (Wildman–Crippen MR) is 139 cm³/mol. The van der Waals surface area contributed by atoms with Crippen LogP contribution < -0.4 is 5.56 Å². The number of aryl methyl sites for hydroxylation is 1. The summed E-state index contributed by atoms with van der Waals surface area (Å²) in [4.78, 5) is 41.7. The monoisotopic (exact) mass is 536 g/mol. The van der Waals surface area contributed by atoms with Crippen LogP contribution in [0, 0.1) is 12.8 Å². The number of hydrogen-bond donors (Lipinski definition) is 1. The zero-order valence-corrected chi connectivity index (χ0v) is 21.3. The summed E-state index contributed by atoms with van der Waals surface area (Å²) in [6.07, 6.45) is 3.66. The Kier molecular flexibility index (Phi) is 6.23. The van der Waals surface area contributed by atoms with Crippen LogP contribution in [0.2, 0.25) is 0 Å². The highest BCUT2D eigenvalue weighted by Crippen LogP contribution is 2.41. The first-order valence-corrected chi connectivity index (χ1v) is 13.0. The van der Waals surface area contributed by atoms with E-state index in [9.17, 15) is 22.8 Å². The minimum absolute atomic E-state index is 0.0658. The molecule has 1 aliphatic heterocycles. The summed E-state index contributed by atoms with van der Waals surface area (Å²) < 4.78 is 41.5. The van der Waals surface area contributed by atoms with E-state index < -0.39 is 18.2 Å². The summed E-state index contributed by atoms with van der Waals surface area (Å²) in [6.45, 7) is 1.81. The van der Waals surface area contributed by atoms with E-state index in [1.165, 1.54) is 27.9 Å². The molecule has 0 bridgehead atoms. The first-order chi connectivity index (χ1) is 18.7. The molecule has 2 fully saturated rings. The molecule has 4 heterocycles. The van der Waals surface area contributed by atoms with E-state index in [2.05, 4.69) is 15.1 Å². The Balaban J connectivity index is 1.41. The Bertz CT molecular complexity index is 1600. The molecule has 8 nitrogen and oxygen atoms in total. The Morgan fingerprint density at radius 3 is 2.46 bits per heavy atom. The molecule has 0 spiro atoms. The predicted octanol–water partition coefficient (Wildman–Crippen LogP) is 4.79. The molecule has 1 aliphatic carbocycles. The fourth-order valence-electron chi connectivity index (χ4n) is 5.50. The van der Waals surface area contributed by atoms with Gasteiger partial charge >= 0.3 is 0 Å². The molecule has 202 valence electrons. The normalized spacial score (nSPS) is 17.9. The van der Waals surface area contributed by atoms with Crippen LogP contribution >= 0.6 is 0 Å². The number of nitrogens with one attached hydrogen (secondary N) is 1. The van der Waals surface area contributed by atoms with E-state index >= 15 is 0 Å². The van der Waals surface area contributed by atoms with E-state index in [-0.39, 0.29) is 54.9 Å². The molecule has 1 aromatic carbocycles. The highest BCUT2D eigenvalue weighted by atomic mass is 19.3. The standard InChI is InChI=1S/C28H27F3N6O2/c1-16-24(33-11-10-32-16)25-23(27(39)36-14-17(13-29)15-36)26-34-21(12-22(38)37(26)35-25)20-4-2-18(3-5-20)19-6-8-28(30,31)9-7-19/h2-5,10-12,17,19,35H,6-9,13-15H2,1H3. The zero-order chi connectivity index (χ0) is 27.3. The van der Waals surface area contributed by atoms with Crippen molar-refractivity contribution in [3.05, 3.63) is 69.9 Å². The molecule has 1 saturated heterocycles. The van der Waals surface area contributed by atoms with E-state index in [1.807, 2.05) is 24.3 Å². The fraction of sp³-hybridized carbons (Fsp3) is 0.393. The van der Waals surface area contributed by atoms with Crippen molar-refractivity contribution in [3.63, 3.8) is 0 Å². The topological polar surface area (TPSA) is 96.2 Å². The highest BCUT2D eigenvalue weighted by molar-refractivity contribution is 6.06. The van der Waals surface area contributed by atoms with Gasteiger partial charge in [0.05, 0.1) is 23.8 Å². The number of halogens is 3. The number of fused-ring (bicyclic) bond motifs is 1. The van der Waals surface area contributed by atoms with Gasteiger partial charge in [-0.2, -0.15) is 0 Å². The van der Waals surface area contributed by atoms with Crippen LogP contribution in [0.5, 0.6) is 0 Å². The minimum Gasteiger partial charge on any atom is -0.338 e.